The normalized spacial score (nSPS) is 11.2. The van der Waals surface area contributed by atoms with Crippen LogP contribution in [-0.2, 0) is 6.42 Å². The maximum Gasteiger partial charge on any atom is 0.139 e. The van der Waals surface area contributed by atoms with Gasteiger partial charge in [0.1, 0.15) is 17.2 Å². The first-order valence-electron chi connectivity index (χ1n) is 6.63. The van der Waals surface area contributed by atoms with Crippen LogP contribution < -0.4 is 5.73 Å². The third-order valence-corrected chi connectivity index (χ3v) is 4.41. The van der Waals surface area contributed by atoms with Gasteiger partial charge in [-0.15, -0.1) is 0 Å². The summed E-state index contributed by atoms with van der Waals surface area (Å²) < 4.78 is 2.95. The molecule has 0 aliphatic heterocycles. The Morgan fingerprint density at radius 3 is 2.60 bits per heavy atom. The first-order valence-corrected chi connectivity index (χ1v) is 7.42. The zero-order valence-electron chi connectivity index (χ0n) is 11.5. The highest BCUT2D eigenvalue weighted by Gasteiger charge is 2.12. The van der Waals surface area contributed by atoms with Crippen molar-refractivity contribution < 1.29 is 0 Å². The fraction of sp³-hybridized carbons (Fsp3) is 0.188. The molecule has 2 heterocycles. The largest absolute Gasteiger partial charge is 0.383 e. The Morgan fingerprint density at radius 2 is 1.95 bits per heavy atom. The molecule has 0 radical (unpaired) electrons. The number of hydrogen-bond acceptors (Lipinski definition) is 2. The van der Waals surface area contributed by atoms with E-state index in [2.05, 4.69) is 52.1 Å². The van der Waals surface area contributed by atoms with Crippen molar-refractivity contribution in [2.24, 2.45) is 0 Å². The highest BCUT2D eigenvalue weighted by Crippen LogP contribution is 2.29. The van der Waals surface area contributed by atoms with E-state index in [-0.39, 0.29) is 0 Å². The first-order chi connectivity index (χ1) is 9.60. The number of rotatable bonds is 2. The smallest absolute Gasteiger partial charge is 0.139 e. The summed E-state index contributed by atoms with van der Waals surface area (Å²) in [6, 6.07) is 10.4. The molecule has 3 aromatic rings. The number of aryl methyl sites for hydroxylation is 2. The van der Waals surface area contributed by atoms with E-state index in [0.717, 1.165) is 33.4 Å². The van der Waals surface area contributed by atoms with E-state index in [9.17, 15) is 0 Å². The molecule has 102 valence electrons. The molecule has 2 aromatic heterocycles. The lowest BCUT2D eigenvalue weighted by atomic mass is 10.1. The summed E-state index contributed by atoms with van der Waals surface area (Å²) in [6.07, 6.45) is 3.00. The monoisotopic (exact) mass is 329 g/mol. The second kappa shape index (κ2) is 4.94. The van der Waals surface area contributed by atoms with E-state index < -0.39 is 0 Å². The molecule has 3 rings (SSSR count). The molecule has 2 N–H and O–H groups in total. The van der Waals surface area contributed by atoms with Gasteiger partial charge in [-0.2, -0.15) is 0 Å². The van der Waals surface area contributed by atoms with Crippen LogP contribution in [0.5, 0.6) is 0 Å². The number of nitrogens with two attached hydrogens (primary N) is 1. The molecule has 0 spiro atoms. The Bertz CT molecular complexity index is 773. The van der Waals surface area contributed by atoms with Crippen molar-refractivity contribution in [1.82, 2.24) is 9.38 Å². The van der Waals surface area contributed by atoms with Gasteiger partial charge in [0.2, 0.25) is 0 Å². The Balaban J connectivity index is 2.18. The van der Waals surface area contributed by atoms with Crippen LogP contribution in [0.1, 0.15) is 18.1 Å². The number of imidazole rings is 1. The lowest BCUT2D eigenvalue weighted by molar-refractivity contribution is 1.14. The highest BCUT2D eigenvalue weighted by molar-refractivity contribution is 9.10. The Labute approximate surface area is 126 Å². The van der Waals surface area contributed by atoms with Crippen LogP contribution in [0.3, 0.4) is 0 Å². The summed E-state index contributed by atoms with van der Waals surface area (Å²) in [4.78, 5) is 4.66. The van der Waals surface area contributed by atoms with Gasteiger partial charge in [0.15, 0.2) is 0 Å². The molecular weight excluding hydrogens is 314 g/mol. The molecule has 0 aliphatic rings. The van der Waals surface area contributed by atoms with Crippen molar-refractivity contribution in [3.63, 3.8) is 0 Å². The fourth-order valence-electron chi connectivity index (χ4n) is 2.29. The van der Waals surface area contributed by atoms with Gasteiger partial charge in [0.25, 0.3) is 0 Å². The fourth-order valence-corrected chi connectivity index (χ4v) is 2.61. The summed E-state index contributed by atoms with van der Waals surface area (Å²) in [5.41, 5.74) is 11.5. The average molecular weight is 330 g/mol. The molecular formula is C16H16BrN3. The van der Waals surface area contributed by atoms with Crippen LogP contribution in [0.4, 0.5) is 5.82 Å². The molecule has 0 bridgehead atoms. The minimum absolute atomic E-state index is 0.671. The molecule has 3 nitrogen and oxygen atoms in total. The minimum atomic E-state index is 0.671. The SMILES string of the molecule is CCc1ccc(-c2nc3cc(C)c(Br)cn3c2N)cc1. The molecule has 1 aromatic carbocycles. The standard InChI is InChI=1S/C16H16BrN3/c1-3-11-4-6-12(7-5-11)15-16(18)20-9-13(17)10(2)8-14(20)19-15/h4-9H,3,18H2,1-2H3. The highest BCUT2D eigenvalue weighted by atomic mass is 79.9. The van der Waals surface area contributed by atoms with Crippen LogP contribution in [0, 0.1) is 6.92 Å². The predicted octanol–water partition coefficient (Wildman–Crippen LogP) is 4.22. The molecule has 4 heteroatoms. The summed E-state index contributed by atoms with van der Waals surface area (Å²) in [7, 11) is 0. The summed E-state index contributed by atoms with van der Waals surface area (Å²) in [5, 5.41) is 0. The Hall–Kier alpha value is -1.81. The van der Waals surface area contributed by atoms with E-state index in [1.807, 2.05) is 23.6 Å². The number of hydrogen-bond donors (Lipinski definition) is 1. The quantitative estimate of drug-likeness (QED) is 0.765. The van der Waals surface area contributed by atoms with Gasteiger partial charge in [-0.1, -0.05) is 31.2 Å². The van der Waals surface area contributed by atoms with Crippen LogP contribution in [-0.4, -0.2) is 9.38 Å². The van der Waals surface area contributed by atoms with E-state index >= 15 is 0 Å². The van der Waals surface area contributed by atoms with Crippen LogP contribution >= 0.6 is 15.9 Å². The van der Waals surface area contributed by atoms with Crippen molar-refractivity contribution in [2.75, 3.05) is 5.73 Å². The number of nitrogen functional groups attached to an aromatic ring is 1. The molecule has 0 aliphatic carbocycles. The van der Waals surface area contributed by atoms with Crippen LogP contribution in [0.25, 0.3) is 16.9 Å². The van der Waals surface area contributed by atoms with Crippen molar-refractivity contribution in [3.05, 3.63) is 52.1 Å². The van der Waals surface area contributed by atoms with Gasteiger partial charge >= 0.3 is 0 Å². The summed E-state index contributed by atoms with van der Waals surface area (Å²) >= 11 is 3.53. The van der Waals surface area contributed by atoms with Gasteiger partial charge in [0.05, 0.1) is 0 Å². The molecule has 20 heavy (non-hydrogen) atoms. The van der Waals surface area contributed by atoms with E-state index in [1.165, 1.54) is 5.56 Å². The van der Waals surface area contributed by atoms with Crippen molar-refractivity contribution >= 4 is 27.4 Å². The number of fused-ring (bicyclic) bond motifs is 1. The third-order valence-electron chi connectivity index (χ3n) is 3.58. The van der Waals surface area contributed by atoms with Crippen molar-refractivity contribution in [1.29, 1.82) is 0 Å². The lowest BCUT2D eigenvalue weighted by Gasteiger charge is -2.02. The molecule has 0 unspecified atom stereocenters. The number of benzene rings is 1. The van der Waals surface area contributed by atoms with E-state index in [0.29, 0.717) is 5.82 Å². The van der Waals surface area contributed by atoms with Gasteiger partial charge in [-0.05, 0) is 46.5 Å². The topological polar surface area (TPSA) is 43.3 Å². The molecule has 0 saturated carbocycles. The van der Waals surface area contributed by atoms with Crippen LogP contribution in [0.15, 0.2) is 41.0 Å². The predicted molar refractivity (Wildman–Crippen MR) is 86.9 cm³/mol. The lowest BCUT2D eigenvalue weighted by Crippen LogP contribution is -1.95. The Kier molecular flexibility index (Phi) is 3.26. The number of halogens is 1. The molecule has 0 fully saturated rings. The maximum atomic E-state index is 6.24. The summed E-state index contributed by atoms with van der Waals surface area (Å²) in [6.45, 7) is 4.19. The minimum Gasteiger partial charge on any atom is -0.383 e. The number of aromatic nitrogens is 2. The van der Waals surface area contributed by atoms with Gasteiger partial charge in [0, 0.05) is 16.2 Å². The Morgan fingerprint density at radius 1 is 1.25 bits per heavy atom. The molecule has 0 atom stereocenters. The van der Waals surface area contributed by atoms with E-state index in [4.69, 9.17) is 5.73 Å². The van der Waals surface area contributed by atoms with Gasteiger partial charge < -0.3 is 5.73 Å². The van der Waals surface area contributed by atoms with Crippen molar-refractivity contribution in [2.45, 2.75) is 20.3 Å². The second-order valence-electron chi connectivity index (χ2n) is 4.93. The molecule has 0 saturated heterocycles. The van der Waals surface area contributed by atoms with Crippen LogP contribution in [0.2, 0.25) is 0 Å². The number of pyridine rings is 1. The van der Waals surface area contributed by atoms with Crippen molar-refractivity contribution in [3.8, 4) is 11.3 Å². The van der Waals surface area contributed by atoms with Gasteiger partial charge in [-0.3, -0.25) is 4.40 Å². The van der Waals surface area contributed by atoms with Gasteiger partial charge in [-0.25, -0.2) is 4.98 Å². The summed E-state index contributed by atoms with van der Waals surface area (Å²) in [5.74, 6) is 0.671. The molecule has 0 amide bonds. The maximum absolute atomic E-state index is 6.24. The zero-order valence-corrected chi connectivity index (χ0v) is 13.1. The first kappa shape index (κ1) is 13.2. The second-order valence-corrected chi connectivity index (χ2v) is 5.78. The zero-order chi connectivity index (χ0) is 14.3. The average Bonchev–Trinajstić information content (AvgIpc) is 2.77. The number of anilines is 1. The van der Waals surface area contributed by atoms with E-state index in [1.54, 1.807) is 0 Å². The third kappa shape index (κ3) is 2.10. The number of nitrogens with zero attached hydrogens (tertiary/aromatic N) is 2.